The van der Waals surface area contributed by atoms with Gasteiger partial charge in [0, 0.05) is 38.7 Å². The minimum atomic E-state index is -0.568. The molecule has 2 aliphatic heterocycles. The molecule has 0 bridgehead atoms. The van der Waals surface area contributed by atoms with Gasteiger partial charge in [-0.15, -0.1) is 0 Å². The molecule has 0 saturated carbocycles. The minimum Gasteiger partial charge on any atom is -0.402 e. The number of benzene rings is 2. The van der Waals surface area contributed by atoms with E-state index in [1.165, 1.54) is 48.2 Å². The summed E-state index contributed by atoms with van der Waals surface area (Å²) >= 11 is 0. The van der Waals surface area contributed by atoms with Gasteiger partial charge in [0.05, 0.1) is 0 Å². The van der Waals surface area contributed by atoms with Crippen LogP contribution >= 0.6 is 0 Å². The Morgan fingerprint density at radius 2 is 1.16 bits per heavy atom. The van der Waals surface area contributed by atoms with Gasteiger partial charge in [-0.3, -0.25) is 0 Å². The Morgan fingerprint density at radius 3 is 1.52 bits per heavy atom. The quantitative estimate of drug-likeness (QED) is 0.808. The van der Waals surface area contributed by atoms with Crippen molar-refractivity contribution in [3.63, 3.8) is 0 Å². The molecule has 2 aromatic rings. The fourth-order valence-corrected chi connectivity index (χ4v) is 3.18. The molecule has 2 aliphatic rings. The first-order valence-corrected chi connectivity index (χ1v) is 10.1. The van der Waals surface area contributed by atoms with E-state index in [-0.39, 0.29) is 0 Å². The maximum absolute atomic E-state index is 4.61. The number of anilines is 2. The number of para-hydroxylation sites is 2. The standard InChI is InChI=1S/2C9H11N.C2H8O2Si/c2*1-2-6-9-8(4-1)5-3-7-10-9;1-3-5-4-2/h2*1-2,4,6,10H,3,5,7H2;5H2,1-2H3. The molecule has 2 N–H and O–H groups in total. The highest BCUT2D eigenvalue weighted by molar-refractivity contribution is 6.17. The van der Waals surface area contributed by atoms with Gasteiger partial charge < -0.3 is 19.5 Å². The summed E-state index contributed by atoms with van der Waals surface area (Å²) in [6.07, 6.45) is 5.03. The van der Waals surface area contributed by atoms with Gasteiger partial charge in [0.2, 0.25) is 0 Å². The third-order valence-corrected chi connectivity index (χ3v) is 4.62. The van der Waals surface area contributed by atoms with Gasteiger partial charge in [-0.25, -0.2) is 0 Å². The van der Waals surface area contributed by atoms with Crippen LogP contribution in [0.15, 0.2) is 48.5 Å². The van der Waals surface area contributed by atoms with Crippen molar-refractivity contribution in [2.45, 2.75) is 25.7 Å². The molecule has 0 aliphatic carbocycles. The summed E-state index contributed by atoms with van der Waals surface area (Å²) in [7, 11) is 2.73. The smallest absolute Gasteiger partial charge is 0.303 e. The molecule has 0 amide bonds. The van der Waals surface area contributed by atoms with Crippen LogP contribution in [0.4, 0.5) is 11.4 Å². The first-order chi connectivity index (χ1) is 12.3. The van der Waals surface area contributed by atoms with Crippen LogP contribution in [0, 0.1) is 0 Å². The van der Waals surface area contributed by atoms with E-state index in [0.717, 1.165) is 13.1 Å². The van der Waals surface area contributed by atoms with Crippen molar-refractivity contribution >= 4 is 21.4 Å². The maximum atomic E-state index is 4.61. The highest BCUT2D eigenvalue weighted by atomic mass is 28.3. The third kappa shape index (κ3) is 6.90. The predicted molar refractivity (Wildman–Crippen MR) is 109 cm³/mol. The summed E-state index contributed by atoms with van der Waals surface area (Å²) in [5.41, 5.74) is 5.59. The van der Waals surface area contributed by atoms with Crippen molar-refractivity contribution in [3.05, 3.63) is 59.7 Å². The number of nitrogens with one attached hydrogen (secondary N) is 2. The lowest BCUT2D eigenvalue weighted by molar-refractivity contribution is 0.309. The van der Waals surface area contributed by atoms with Crippen LogP contribution in [0.25, 0.3) is 0 Å². The van der Waals surface area contributed by atoms with E-state index < -0.39 is 10.0 Å². The molecular weight excluding hydrogens is 328 g/mol. The molecular formula is C20H30N2O2Si. The van der Waals surface area contributed by atoms with Gasteiger partial charge in [-0.1, -0.05) is 36.4 Å². The SMILES string of the molecule is CO[SiH2]OC.c1ccc2c(c1)CCCN2.c1ccc2c(c1)CCCN2. The molecule has 0 radical (unpaired) electrons. The predicted octanol–water partition coefficient (Wildman–Crippen LogP) is 3.37. The van der Waals surface area contributed by atoms with Crippen molar-refractivity contribution in [2.24, 2.45) is 0 Å². The van der Waals surface area contributed by atoms with Gasteiger partial charge in [0.15, 0.2) is 0 Å². The molecule has 0 atom stereocenters. The zero-order chi connectivity index (χ0) is 17.7. The van der Waals surface area contributed by atoms with Crippen molar-refractivity contribution in [1.29, 1.82) is 0 Å². The molecule has 4 nitrogen and oxygen atoms in total. The van der Waals surface area contributed by atoms with Gasteiger partial charge in [-0.2, -0.15) is 0 Å². The fraction of sp³-hybridized carbons (Fsp3) is 0.400. The summed E-state index contributed by atoms with van der Waals surface area (Å²) in [4.78, 5) is 0. The minimum absolute atomic E-state index is 0.568. The molecule has 5 heteroatoms. The fourth-order valence-electron chi connectivity index (χ4n) is 2.94. The van der Waals surface area contributed by atoms with Crippen LogP contribution in [0.3, 0.4) is 0 Å². The van der Waals surface area contributed by atoms with Crippen LogP contribution in [0.2, 0.25) is 0 Å². The zero-order valence-electron chi connectivity index (χ0n) is 15.4. The molecule has 0 aromatic heterocycles. The number of rotatable bonds is 2. The van der Waals surface area contributed by atoms with E-state index in [4.69, 9.17) is 0 Å². The average Bonchev–Trinajstić information content (AvgIpc) is 2.70. The second-order valence-corrected chi connectivity index (χ2v) is 7.46. The molecule has 0 spiro atoms. The molecule has 2 heterocycles. The zero-order valence-corrected chi connectivity index (χ0v) is 16.8. The second kappa shape index (κ2) is 11.7. The van der Waals surface area contributed by atoms with E-state index >= 15 is 0 Å². The van der Waals surface area contributed by atoms with Crippen molar-refractivity contribution in [2.75, 3.05) is 37.9 Å². The summed E-state index contributed by atoms with van der Waals surface area (Å²) in [6.45, 7) is 2.27. The molecule has 2 aromatic carbocycles. The number of aryl methyl sites for hydroxylation is 2. The van der Waals surface area contributed by atoms with Crippen molar-refractivity contribution in [3.8, 4) is 0 Å². The molecule has 25 heavy (non-hydrogen) atoms. The van der Waals surface area contributed by atoms with E-state index in [1.54, 1.807) is 14.2 Å². The number of hydrogen-bond donors (Lipinski definition) is 2. The van der Waals surface area contributed by atoms with Crippen molar-refractivity contribution in [1.82, 2.24) is 0 Å². The average molecular weight is 359 g/mol. The lowest BCUT2D eigenvalue weighted by Crippen LogP contribution is -2.10. The van der Waals surface area contributed by atoms with Crippen LogP contribution in [-0.2, 0) is 21.7 Å². The van der Waals surface area contributed by atoms with E-state index in [9.17, 15) is 0 Å². The molecule has 0 unspecified atom stereocenters. The Bertz CT molecular complexity index is 519. The lowest BCUT2D eigenvalue weighted by Gasteiger charge is -2.16. The second-order valence-electron chi connectivity index (χ2n) is 6.07. The van der Waals surface area contributed by atoms with Crippen LogP contribution < -0.4 is 10.6 Å². The summed E-state index contributed by atoms with van der Waals surface area (Å²) in [5, 5.41) is 6.73. The third-order valence-electron chi connectivity index (χ3n) is 4.15. The Morgan fingerprint density at radius 1 is 0.720 bits per heavy atom. The molecule has 4 rings (SSSR count). The van der Waals surface area contributed by atoms with Gasteiger partial charge >= 0.3 is 10.0 Å². The topological polar surface area (TPSA) is 42.5 Å². The number of fused-ring (bicyclic) bond motifs is 2. The van der Waals surface area contributed by atoms with Gasteiger partial charge in [0.25, 0.3) is 0 Å². The first kappa shape index (κ1) is 19.5. The Kier molecular flexibility index (Phi) is 9.11. The van der Waals surface area contributed by atoms with E-state index in [1.807, 2.05) is 0 Å². The first-order valence-electron chi connectivity index (χ1n) is 8.96. The monoisotopic (exact) mass is 358 g/mol. The highest BCUT2D eigenvalue weighted by Gasteiger charge is 2.05. The van der Waals surface area contributed by atoms with E-state index in [2.05, 4.69) is 68.0 Å². The van der Waals surface area contributed by atoms with Crippen molar-refractivity contribution < 1.29 is 8.85 Å². The normalized spacial score (nSPS) is 14.2. The van der Waals surface area contributed by atoms with Crippen LogP contribution in [0.1, 0.15) is 24.0 Å². The lowest BCUT2D eigenvalue weighted by atomic mass is 10.0. The Hall–Kier alpha value is -1.82. The summed E-state index contributed by atoms with van der Waals surface area (Å²) < 4.78 is 9.22. The molecule has 0 fully saturated rings. The largest absolute Gasteiger partial charge is 0.402 e. The molecule has 0 saturated heterocycles. The number of hydrogen-bond acceptors (Lipinski definition) is 4. The van der Waals surface area contributed by atoms with Crippen LogP contribution in [-0.4, -0.2) is 37.3 Å². The highest BCUT2D eigenvalue weighted by Crippen LogP contribution is 2.20. The maximum Gasteiger partial charge on any atom is 0.303 e. The molecule has 136 valence electrons. The Balaban J connectivity index is 0.000000144. The Labute approximate surface area is 154 Å². The summed E-state index contributed by atoms with van der Waals surface area (Å²) in [5.74, 6) is 0. The summed E-state index contributed by atoms with van der Waals surface area (Å²) in [6, 6.07) is 17.1. The van der Waals surface area contributed by atoms with Gasteiger partial charge in [0.1, 0.15) is 0 Å². The van der Waals surface area contributed by atoms with Crippen LogP contribution in [0.5, 0.6) is 0 Å². The van der Waals surface area contributed by atoms with Gasteiger partial charge in [-0.05, 0) is 48.9 Å². The van der Waals surface area contributed by atoms with E-state index in [0.29, 0.717) is 0 Å².